The number of rotatable bonds is 0. The summed E-state index contributed by atoms with van der Waals surface area (Å²) in [6.45, 7) is 0. The molecule has 0 radical (unpaired) electrons. The van der Waals surface area contributed by atoms with E-state index in [4.69, 9.17) is 5.73 Å². The molecular weight excluding hydrogens is 130 g/mol. The molecule has 1 rings (SSSR count). The minimum absolute atomic E-state index is 0.449. The second kappa shape index (κ2) is 1.93. The largest absolute Gasteiger partial charge is 0.385 e. The van der Waals surface area contributed by atoms with Crippen molar-refractivity contribution in [1.29, 1.82) is 0 Å². The van der Waals surface area contributed by atoms with Crippen molar-refractivity contribution in [3.63, 3.8) is 0 Å². The van der Waals surface area contributed by atoms with Crippen LogP contribution in [0.4, 0.5) is 8.78 Å². The summed E-state index contributed by atoms with van der Waals surface area (Å²) in [4.78, 5) is 4.15. The molecule has 0 atom stereocenters. The number of allylic oxidation sites excluding steroid dienone is 2. The first kappa shape index (κ1) is 5.87. The van der Waals surface area contributed by atoms with Gasteiger partial charge in [-0.25, -0.2) is 9.87 Å². The van der Waals surface area contributed by atoms with Crippen LogP contribution in [0.1, 0.15) is 0 Å². The zero-order chi connectivity index (χ0) is 6.85. The van der Waals surface area contributed by atoms with Crippen LogP contribution in [-0.4, -0.2) is 0 Å². The molecule has 1 aliphatic heterocycles. The van der Waals surface area contributed by atoms with Crippen molar-refractivity contribution in [1.82, 2.24) is 5.48 Å². The fraction of sp³-hybridized carbons (Fsp3) is 0. The van der Waals surface area contributed by atoms with Crippen LogP contribution in [0, 0.1) is 0 Å². The molecular formula is C4H4F2N2O. The Hall–Kier alpha value is -1.26. The first-order valence-electron chi connectivity index (χ1n) is 2.15. The number of hydrogen-bond acceptors (Lipinski definition) is 3. The zero-order valence-corrected chi connectivity index (χ0v) is 4.32. The molecule has 0 saturated carbocycles. The second-order valence-electron chi connectivity index (χ2n) is 1.41. The third-order valence-electron chi connectivity index (χ3n) is 0.777. The van der Waals surface area contributed by atoms with E-state index in [1.54, 1.807) is 0 Å². The van der Waals surface area contributed by atoms with Gasteiger partial charge in [-0.15, -0.1) is 0 Å². The smallest absolute Gasteiger partial charge is 0.204 e. The molecule has 3 nitrogen and oxygen atoms in total. The predicted octanol–water partition coefficient (Wildman–Crippen LogP) is 0.429. The van der Waals surface area contributed by atoms with Gasteiger partial charge in [-0.2, -0.15) is 4.39 Å². The van der Waals surface area contributed by atoms with Crippen LogP contribution in [0.25, 0.3) is 0 Å². The highest BCUT2D eigenvalue weighted by molar-refractivity contribution is 5.22. The lowest BCUT2D eigenvalue weighted by atomic mass is 10.4. The Bertz CT molecular complexity index is 187. The van der Waals surface area contributed by atoms with Crippen molar-refractivity contribution >= 4 is 0 Å². The van der Waals surface area contributed by atoms with E-state index in [2.05, 4.69) is 4.84 Å². The highest BCUT2D eigenvalue weighted by atomic mass is 19.2. The fourth-order valence-corrected chi connectivity index (χ4v) is 0.370. The maximum Gasteiger partial charge on any atom is 0.204 e. The van der Waals surface area contributed by atoms with Crippen LogP contribution in [0.3, 0.4) is 0 Å². The average molecular weight is 134 g/mol. The van der Waals surface area contributed by atoms with E-state index in [0.717, 1.165) is 0 Å². The van der Waals surface area contributed by atoms with E-state index >= 15 is 0 Å². The minimum atomic E-state index is -1.12. The summed E-state index contributed by atoms with van der Waals surface area (Å²) in [6.07, 6.45) is 0.589. The Balaban J connectivity index is 2.88. The zero-order valence-electron chi connectivity index (χ0n) is 4.32. The van der Waals surface area contributed by atoms with Gasteiger partial charge in [0.15, 0.2) is 17.9 Å². The summed E-state index contributed by atoms with van der Waals surface area (Å²) in [5.74, 6) is -2.68. The van der Waals surface area contributed by atoms with Gasteiger partial charge in [0.1, 0.15) is 0 Å². The number of nitrogens with one attached hydrogen (secondary N) is 1. The normalized spacial score (nSPS) is 18.2. The van der Waals surface area contributed by atoms with Gasteiger partial charge in [-0.3, -0.25) is 0 Å². The van der Waals surface area contributed by atoms with Crippen LogP contribution < -0.4 is 11.2 Å². The van der Waals surface area contributed by atoms with Crippen molar-refractivity contribution in [3.8, 4) is 0 Å². The molecule has 0 aliphatic carbocycles. The Morgan fingerprint density at radius 3 is 2.67 bits per heavy atom. The SMILES string of the molecule is NC1=C(F)C(F)=CON1. The molecule has 0 aromatic heterocycles. The van der Waals surface area contributed by atoms with Gasteiger partial charge in [-0.1, -0.05) is 0 Å². The minimum Gasteiger partial charge on any atom is -0.385 e. The van der Waals surface area contributed by atoms with Gasteiger partial charge in [0.2, 0.25) is 5.83 Å². The maximum absolute atomic E-state index is 12.1. The third-order valence-corrected chi connectivity index (χ3v) is 0.777. The Morgan fingerprint density at radius 1 is 1.56 bits per heavy atom. The first-order valence-corrected chi connectivity index (χ1v) is 2.15. The first-order chi connectivity index (χ1) is 4.22. The highest BCUT2D eigenvalue weighted by Gasteiger charge is 2.13. The lowest BCUT2D eigenvalue weighted by molar-refractivity contribution is 0.142. The monoisotopic (exact) mass is 134 g/mol. The van der Waals surface area contributed by atoms with Crippen molar-refractivity contribution in [3.05, 3.63) is 23.7 Å². The molecule has 0 aromatic rings. The standard InChI is InChI=1S/C4H4F2N2O/c5-2-1-9-8-4(7)3(2)6/h1,8H,7H2. The average Bonchev–Trinajstić information content (AvgIpc) is 1.83. The summed E-state index contributed by atoms with van der Waals surface area (Å²) >= 11 is 0. The van der Waals surface area contributed by atoms with Crippen LogP contribution in [0.5, 0.6) is 0 Å². The molecule has 0 unspecified atom stereocenters. The quantitative estimate of drug-likeness (QED) is 0.505. The van der Waals surface area contributed by atoms with Gasteiger partial charge in [-0.05, 0) is 0 Å². The summed E-state index contributed by atoms with van der Waals surface area (Å²) in [5, 5.41) is 0. The molecule has 0 saturated heterocycles. The van der Waals surface area contributed by atoms with Gasteiger partial charge < -0.3 is 10.6 Å². The molecule has 0 amide bonds. The van der Waals surface area contributed by atoms with Crippen LogP contribution >= 0.6 is 0 Å². The summed E-state index contributed by atoms with van der Waals surface area (Å²) in [6, 6.07) is 0. The number of hydrogen-bond donors (Lipinski definition) is 2. The van der Waals surface area contributed by atoms with Gasteiger partial charge in [0, 0.05) is 0 Å². The predicted molar refractivity (Wildman–Crippen MR) is 25.7 cm³/mol. The van der Waals surface area contributed by atoms with Crippen molar-refractivity contribution in [2.24, 2.45) is 5.73 Å². The van der Waals surface area contributed by atoms with E-state index in [0.29, 0.717) is 6.26 Å². The van der Waals surface area contributed by atoms with Crippen LogP contribution in [0.15, 0.2) is 23.7 Å². The van der Waals surface area contributed by atoms with Gasteiger partial charge >= 0.3 is 0 Å². The number of nitrogens with two attached hydrogens (primary N) is 1. The van der Waals surface area contributed by atoms with E-state index in [1.807, 2.05) is 5.48 Å². The second-order valence-corrected chi connectivity index (χ2v) is 1.41. The molecule has 50 valence electrons. The Labute approximate surface area is 49.7 Å². The van der Waals surface area contributed by atoms with Crippen LogP contribution in [-0.2, 0) is 4.84 Å². The van der Waals surface area contributed by atoms with Crippen molar-refractivity contribution < 1.29 is 13.6 Å². The van der Waals surface area contributed by atoms with Crippen LogP contribution in [0.2, 0.25) is 0 Å². The van der Waals surface area contributed by atoms with Gasteiger partial charge in [0.25, 0.3) is 0 Å². The summed E-state index contributed by atoms with van der Waals surface area (Å²) in [5.41, 5.74) is 6.78. The fourth-order valence-electron chi connectivity index (χ4n) is 0.370. The van der Waals surface area contributed by atoms with E-state index in [-0.39, 0.29) is 0 Å². The Kier molecular flexibility index (Phi) is 1.26. The third kappa shape index (κ3) is 0.933. The maximum atomic E-state index is 12.1. The topological polar surface area (TPSA) is 47.3 Å². The molecule has 3 N–H and O–H groups in total. The van der Waals surface area contributed by atoms with Gasteiger partial charge in [0.05, 0.1) is 0 Å². The molecule has 0 spiro atoms. The lowest BCUT2D eigenvalue weighted by Gasteiger charge is -2.09. The van der Waals surface area contributed by atoms with Crippen molar-refractivity contribution in [2.45, 2.75) is 0 Å². The summed E-state index contributed by atoms with van der Waals surface area (Å²) in [7, 11) is 0. The molecule has 9 heavy (non-hydrogen) atoms. The van der Waals surface area contributed by atoms with Crippen molar-refractivity contribution in [2.75, 3.05) is 0 Å². The Morgan fingerprint density at radius 2 is 2.22 bits per heavy atom. The molecule has 1 aliphatic rings. The summed E-state index contributed by atoms with van der Waals surface area (Å²) < 4.78 is 24.2. The molecule has 5 heteroatoms. The lowest BCUT2D eigenvalue weighted by Crippen LogP contribution is -2.22. The number of halogens is 2. The van der Waals surface area contributed by atoms with E-state index in [1.165, 1.54) is 0 Å². The molecule has 0 aromatic carbocycles. The molecule has 0 fully saturated rings. The highest BCUT2D eigenvalue weighted by Crippen LogP contribution is 2.16. The number of hydroxylamine groups is 1. The van der Waals surface area contributed by atoms with E-state index in [9.17, 15) is 8.78 Å². The molecule has 1 heterocycles. The van der Waals surface area contributed by atoms with E-state index < -0.39 is 17.5 Å². The molecule has 0 bridgehead atoms.